The van der Waals surface area contributed by atoms with Crippen LogP contribution in [0.15, 0.2) is 0 Å². The van der Waals surface area contributed by atoms with Crippen LogP contribution in [0.1, 0.15) is 25.7 Å². The third-order valence-electron chi connectivity index (χ3n) is 4.40. The number of hydrogen-bond donors (Lipinski definition) is 1. The molecule has 128 valence electrons. The van der Waals surface area contributed by atoms with E-state index in [9.17, 15) is 26.4 Å². The number of carbonyl (C=O) groups excluding carboxylic acids is 1. The summed E-state index contributed by atoms with van der Waals surface area (Å²) >= 11 is 0. The number of amides is 1. The van der Waals surface area contributed by atoms with Gasteiger partial charge in [-0.05, 0) is 19.3 Å². The van der Waals surface area contributed by atoms with Crippen LogP contribution in [-0.2, 0) is 15.0 Å². The van der Waals surface area contributed by atoms with Crippen molar-refractivity contribution in [2.45, 2.75) is 31.9 Å². The summed E-state index contributed by atoms with van der Waals surface area (Å²) in [4.78, 5) is 13.8. The maximum absolute atomic E-state index is 12.8. The monoisotopic (exact) mass is 343 g/mol. The Morgan fingerprint density at radius 3 is 2.18 bits per heavy atom. The molecular formula is C12H20F3N3O3S. The lowest BCUT2D eigenvalue weighted by Gasteiger charge is -2.37. The first kappa shape index (κ1) is 17.5. The standard InChI is InChI=1S/C12H20F3N3O3S/c13-12(14,15)10-3-1-2-9(8-10)11(19)17-4-6-18(7-5-17)22(16,20)21/h9-10H,1-8H2,(H2,16,20,21). The molecule has 1 aliphatic heterocycles. The van der Waals surface area contributed by atoms with E-state index in [0.29, 0.717) is 12.8 Å². The smallest absolute Gasteiger partial charge is 0.340 e. The summed E-state index contributed by atoms with van der Waals surface area (Å²) < 4.78 is 61.8. The summed E-state index contributed by atoms with van der Waals surface area (Å²) in [6.07, 6.45) is -3.51. The summed E-state index contributed by atoms with van der Waals surface area (Å²) in [6, 6.07) is 0. The molecule has 0 spiro atoms. The molecule has 1 amide bonds. The molecule has 10 heteroatoms. The maximum Gasteiger partial charge on any atom is 0.391 e. The van der Waals surface area contributed by atoms with Crippen molar-refractivity contribution in [1.29, 1.82) is 0 Å². The summed E-state index contributed by atoms with van der Waals surface area (Å²) in [5.74, 6) is -2.34. The number of carbonyl (C=O) groups is 1. The number of alkyl halides is 3. The van der Waals surface area contributed by atoms with E-state index in [1.165, 1.54) is 4.90 Å². The van der Waals surface area contributed by atoms with Gasteiger partial charge in [-0.15, -0.1) is 0 Å². The summed E-state index contributed by atoms with van der Waals surface area (Å²) in [7, 11) is -3.78. The van der Waals surface area contributed by atoms with Crippen LogP contribution in [-0.4, -0.2) is 55.9 Å². The molecule has 2 fully saturated rings. The van der Waals surface area contributed by atoms with Crippen molar-refractivity contribution in [3.63, 3.8) is 0 Å². The van der Waals surface area contributed by atoms with Gasteiger partial charge in [0.25, 0.3) is 10.2 Å². The van der Waals surface area contributed by atoms with Gasteiger partial charge >= 0.3 is 6.18 Å². The largest absolute Gasteiger partial charge is 0.391 e. The highest BCUT2D eigenvalue weighted by Crippen LogP contribution is 2.40. The third kappa shape index (κ3) is 4.11. The van der Waals surface area contributed by atoms with E-state index >= 15 is 0 Å². The molecule has 1 heterocycles. The Morgan fingerprint density at radius 2 is 1.68 bits per heavy atom. The van der Waals surface area contributed by atoms with E-state index in [0.717, 1.165) is 4.31 Å². The average molecular weight is 343 g/mol. The zero-order valence-electron chi connectivity index (χ0n) is 12.1. The molecule has 2 aliphatic rings. The molecule has 0 bridgehead atoms. The van der Waals surface area contributed by atoms with Gasteiger partial charge < -0.3 is 4.90 Å². The Bertz CT molecular complexity index is 515. The quantitative estimate of drug-likeness (QED) is 0.801. The van der Waals surface area contributed by atoms with E-state index < -0.39 is 28.2 Å². The summed E-state index contributed by atoms with van der Waals surface area (Å²) in [6.45, 7) is 0.505. The van der Waals surface area contributed by atoms with Gasteiger partial charge in [-0.25, -0.2) is 5.14 Å². The molecule has 1 saturated heterocycles. The first-order valence-corrected chi connectivity index (χ1v) is 8.72. The Morgan fingerprint density at radius 1 is 1.09 bits per heavy atom. The molecule has 0 aromatic carbocycles. The van der Waals surface area contributed by atoms with Gasteiger partial charge in [-0.2, -0.15) is 25.9 Å². The van der Waals surface area contributed by atoms with Crippen molar-refractivity contribution in [2.24, 2.45) is 17.0 Å². The average Bonchev–Trinajstić information content (AvgIpc) is 2.45. The lowest BCUT2D eigenvalue weighted by Crippen LogP contribution is -2.53. The summed E-state index contributed by atoms with van der Waals surface area (Å²) in [5, 5.41) is 5.01. The number of nitrogens with two attached hydrogens (primary N) is 1. The Kier molecular flexibility index (Phi) is 5.03. The minimum atomic E-state index is -4.26. The van der Waals surface area contributed by atoms with Gasteiger partial charge in [0.05, 0.1) is 5.92 Å². The molecule has 1 saturated carbocycles. The fraction of sp³-hybridized carbons (Fsp3) is 0.917. The molecule has 22 heavy (non-hydrogen) atoms. The van der Waals surface area contributed by atoms with Gasteiger partial charge in [-0.1, -0.05) is 6.42 Å². The molecule has 2 atom stereocenters. The van der Waals surface area contributed by atoms with Crippen LogP contribution in [0, 0.1) is 11.8 Å². The third-order valence-corrected chi connectivity index (χ3v) is 5.48. The molecule has 0 aromatic rings. The van der Waals surface area contributed by atoms with E-state index in [1.807, 2.05) is 0 Å². The van der Waals surface area contributed by atoms with Crippen LogP contribution in [0.4, 0.5) is 13.2 Å². The lowest BCUT2D eigenvalue weighted by molar-refractivity contribution is -0.187. The van der Waals surface area contributed by atoms with Gasteiger partial charge in [-0.3, -0.25) is 4.79 Å². The molecule has 2 unspecified atom stereocenters. The van der Waals surface area contributed by atoms with Crippen molar-refractivity contribution in [3.05, 3.63) is 0 Å². The minimum Gasteiger partial charge on any atom is -0.340 e. The number of halogens is 3. The Labute approximate surface area is 127 Å². The van der Waals surface area contributed by atoms with Crippen molar-refractivity contribution >= 4 is 16.1 Å². The van der Waals surface area contributed by atoms with Gasteiger partial charge in [0.15, 0.2) is 0 Å². The highest BCUT2D eigenvalue weighted by Gasteiger charge is 2.44. The number of hydrogen-bond acceptors (Lipinski definition) is 3. The predicted molar refractivity (Wildman–Crippen MR) is 72.8 cm³/mol. The van der Waals surface area contributed by atoms with Crippen LogP contribution < -0.4 is 5.14 Å². The molecule has 2 rings (SSSR count). The number of piperazine rings is 1. The Hall–Kier alpha value is -0.870. The molecule has 0 aromatic heterocycles. The Balaban J connectivity index is 1.93. The molecule has 6 nitrogen and oxygen atoms in total. The SMILES string of the molecule is NS(=O)(=O)N1CCN(C(=O)C2CCCC(C(F)(F)F)C2)CC1. The lowest BCUT2D eigenvalue weighted by atomic mass is 9.80. The van der Waals surface area contributed by atoms with Crippen LogP contribution in [0.2, 0.25) is 0 Å². The van der Waals surface area contributed by atoms with E-state index in [2.05, 4.69) is 0 Å². The topological polar surface area (TPSA) is 83.7 Å². The van der Waals surface area contributed by atoms with Crippen molar-refractivity contribution in [1.82, 2.24) is 9.21 Å². The minimum absolute atomic E-state index is 0.0759. The highest BCUT2D eigenvalue weighted by atomic mass is 32.2. The second-order valence-electron chi connectivity index (χ2n) is 5.87. The second-order valence-corrected chi connectivity index (χ2v) is 7.42. The number of nitrogens with zero attached hydrogens (tertiary/aromatic N) is 2. The first-order valence-electron chi connectivity index (χ1n) is 7.22. The molecule has 0 radical (unpaired) electrons. The summed E-state index contributed by atoms with van der Waals surface area (Å²) in [5.41, 5.74) is 0. The highest BCUT2D eigenvalue weighted by molar-refractivity contribution is 7.86. The predicted octanol–water partition coefficient (Wildman–Crippen LogP) is 0.703. The van der Waals surface area contributed by atoms with E-state index in [1.54, 1.807) is 0 Å². The maximum atomic E-state index is 12.8. The molecular weight excluding hydrogens is 323 g/mol. The van der Waals surface area contributed by atoms with Gasteiger partial charge in [0.2, 0.25) is 5.91 Å². The van der Waals surface area contributed by atoms with Crippen molar-refractivity contribution in [3.8, 4) is 0 Å². The first-order chi connectivity index (χ1) is 10.1. The second kappa shape index (κ2) is 6.32. The molecule has 1 aliphatic carbocycles. The zero-order chi connectivity index (χ0) is 16.5. The van der Waals surface area contributed by atoms with Crippen LogP contribution in [0.25, 0.3) is 0 Å². The molecule has 2 N–H and O–H groups in total. The van der Waals surface area contributed by atoms with Crippen LogP contribution in [0.3, 0.4) is 0 Å². The van der Waals surface area contributed by atoms with Crippen molar-refractivity contribution in [2.75, 3.05) is 26.2 Å². The van der Waals surface area contributed by atoms with E-state index in [4.69, 9.17) is 5.14 Å². The van der Waals surface area contributed by atoms with Gasteiger partial charge in [0.1, 0.15) is 0 Å². The normalized spacial score (nSPS) is 28.6. The fourth-order valence-electron chi connectivity index (χ4n) is 3.13. The number of rotatable bonds is 2. The van der Waals surface area contributed by atoms with Gasteiger partial charge in [0, 0.05) is 32.1 Å². The van der Waals surface area contributed by atoms with Crippen molar-refractivity contribution < 1.29 is 26.4 Å². The van der Waals surface area contributed by atoms with Crippen LogP contribution in [0.5, 0.6) is 0 Å². The van der Waals surface area contributed by atoms with Crippen LogP contribution >= 0.6 is 0 Å². The van der Waals surface area contributed by atoms with E-state index in [-0.39, 0.29) is 44.9 Å². The fourth-order valence-corrected chi connectivity index (χ4v) is 3.80. The zero-order valence-corrected chi connectivity index (χ0v) is 12.9.